The molecule has 130 valence electrons. The molecule has 0 saturated carbocycles. The van der Waals surface area contributed by atoms with Crippen LogP contribution in [-0.2, 0) is 9.59 Å². The minimum atomic E-state index is -0.177. The van der Waals surface area contributed by atoms with E-state index in [9.17, 15) is 9.59 Å². The molecule has 0 bridgehead atoms. The molecule has 1 aromatic rings. The Kier molecular flexibility index (Phi) is 5.19. The number of nitrogens with zero attached hydrogens (tertiary/aromatic N) is 3. The van der Waals surface area contributed by atoms with Gasteiger partial charge in [0.1, 0.15) is 0 Å². The summed E-state index contributed by atoms with van der Waals surface area (Å²) >= 11 is 0. The van der Waals surface area contributed by atoms with Gasteiger partial charge in [0.15, 0.2) is 0 Å². The van der Waals surface area contributed by atoms with E-state index >= 15 is 0 Å². The molecule has 2 saturated heterocycles. The summed E-state index contributed by atoms with van der Waals surface area (Å²) in [5.41, 5.74) is 1.21. The molecule has 0 N–H and O–H groups in total. The summed E-state index contributed by atoms with van der Waals surface area (Å²) in [6, 6.07) is 10.4. The second-order valence-corrected chi connectivity index (χ2v) is 7.14. The summed E-state index contributed by atoms with van der Waals surface area (Å²) in [5, 5.41) is 0. The molecule has 2 aliphatic rings. The minimum absolute atomic E-state index is 0.116. The quantitative estimate of drug-likeness (QED) is 0.827. The van der Waals surface area contributed by atoms with Crippen molar-refractivity contribution in [1.29, 1.82) is 0 Å². The highest BCUT2D eigenvalue weighted by Crippen LogP contribution is 2.34. The van der Waals surface area contributed by atoms with Crippen LogP contribution in [0.1, 0.15) is 30.9 Å². The van der Waals surface area contributed by atoms with E-state index in [0.717, 1.165) is 25.9 Å². The van der Waals surface area contributed by atoms with E-state index < -0.39 is 0 Å². The smallest absolute Gasteiger partial charge is 0.228 e. The number of hydrogen-bond donors (Lipinski definition) is 0. The van der Waals surface area contributed by atoms with Crippen LogP contribution in [0, 0.1) is 5.92 Å². The van der Waals surface area contributed by atoms with E-state index in [1.807, 2.05) is 42.1 Å². The highest BCUT2D eigenvalue weighted by atomic mass is 16.2. The van der Waals surface area contributed by atoms with Crippen LogP contribution < -0.4 is 0 Å². The SMILES string of the molecule is CN(C)CCN1C[C@@H](C(=O)N2CCC[C@@H]2c2ccccc2)CC1=O. The molecule has 0 aromatic heterocycles. The second kappa shape index (κ2) is 7.34. The molecule has 0 radical (unpaired) electrons. The van der Waals surface area contributed by atoms with Gasteiger partial charge in [0.05, 0.1) is 12.0 Å². The van der Waals surface area contributed by atoms with Gasteiger partial charge >= 0.3 is 0 Å². The van der Waals surface area contributed by atoms with Gasteiger partial charge in [-0.3, -0.25) is 9.59 Å². The molecule has 5 heteroatoms. The third-order valence-electron chi connectivity index (χ3n) is 5.10. The summed E-state index contributed by atoms with van der Waals surface area (Å²) in [6.07, 6.45) is 2.42. The molecule has 5 nitrogen and oxygen atoms in total. The Morgan fingerprint density at radius 3 is 2.71 bits per heavy atom. The molecule has 0 spiro atoms. The van der Waals surface area contributed by atoms with Gasteiger partial charge in [-0.25, -0.2) is 0 Å². The minimum Gasteiger partial charge on any atom is -0.341 e. The molecule has 2 atom stereocenters. The second-order valence-electron chi connectivity index (χ2n) is 7.14. The Morgan fingerprint density at radius 2 is 2.00 bits per heavy atom. The topological polar surface area (TPSA) is 43.9 Å². The molecule has 2 aliphatic heterocycles. The molecular formula is C19H27N3O2. The van der Waals surface area contributed by atoms with Gasteiger partial charge in [-0.05, 0) is 32.5 Å². The fraction of sp³-hybridized carbons (Fsp3) is 0.579. The predicted molar refractivity (Wildman–Crippen MR) is 93.4 cm³/mol. The molecule has 0 unspecified atom stereocenters. The lowest BCUT2D eigenvalue weighted by atomic mass is 10.0. The normalized spacial score (nSPS) is 24.2. The van der Waals surface area contributed by atoms with E-state index in [1.54, 1.807) is 0 Å². The fourth-order valence-electron chi connectivity index (χ4n) is 3.76. The van der Waals surface area contributed by atoms with Crippen molar-refractivity contribution in [2.24, 2.45) is 5.92 Å². The molecule has 24 heavy (non-hydrogen) atoms. The summed E-state index contributed by atoms with van der Waals surface area (Å²) < 4.78 is 0. The Balaban J connectivity index is 1.65. The highest BCUT2D eigenvalue weighted by molar-refractivity contribution is 5.89. The average molecular weight is 329 g/mol. The van der Waals surface area contributed by atoms with E-state index in [-0.39, 0.29) is 23.8 Å². The summed E-state index contributed by atoms with van der Waals surface area (Å²) in [4.78, 5) is 31.1. The van der Waals surface area contributed by atoms with Gasteiger partial charge in [-0.2, -0.15) is 0 Å². The van der Waals surface area contributed by atoms with Crippen LogP contribution in [0.15, 0.2) is 30.3 Å². The van der Waals surface area contributed by atoms with Crippen LogP contribution in [0.3, 0.4) is 0 Å². The van der Waals surface area contributed by atoms with Gasteiger partial charge in [0.25, 0.3) is 0 Å². The van der Waals surface area contributed by atoms with Crippen molar-refractivity contribution in [2.45, 2.75) is 25.3 Å². The first-order valence-corrected chi connectivity index (χ1v) is 8.84. The largest absolute Gasteiger partial charge is 0.341 e. The van der Waals surface area contributed by atoms with Gasteiger partial charge in [-0.15, -0.1) is 0 Å². The molecule has 3 rings (SSSR count). The maximum absolute atomic E-state index is 13.0. The molecule has 2 fully saturated rings. The molecule has 1 aromatic carbocycles. The van der Waals surface area contributed by atoms with Crippen molar-refractivity contribution in [3.8, 4) is 0 Å². The number of likely N-dealkylation sites (tertiary alicyclic amines) is 2. The van der Waals surface area contributed by atoms with Crippen molar-refractivity contribution in [1.82, 2.24) is 14.7 Å². The summed E-state index contributed by atoms with van der Waals surface area (Å²) in [7, 11) is 4.00. The fourth-order valence-corrected chi connectivity index (χ4v) is 3.76. The van der Waals surface area contributed by atoms with Gasteiger partial charge < -0.3 is 14.7 Å². The van der Waals surface area contributed by atoms with Gasteiger partial charge in [0, 0.05) is 32.6 Å². The van der Waals surface area contributed by atoms with Crippen LogP contribution >= 0.6 is 0 Å². The average Bonchev–Trinajstić information content (AvgIpc) is 3.20. The van der Waals surface area contributed by atoms with Crippen LogP contribution in [0.2, 0.25) is 0 Å². The van der Waals surface area contributed by atoms with Crippen molar-refractivity contribution in [3.05, 3.63) is 35.9 Å². The Hall–Kier alpha value is -1.88. The monoisotopic (exact) mass is 329 g/mol. The first-order chi connectivity index (χ1) is 11.6. The Morgan fingerprint density at radius 1 is 1.25 bits per heavy atom. The van der Waals surface area contributed by atoms with Crippen molar-refractivity contribution in [2.75, 3.05) is 40.3 Å². The maximum Gasteiger partial charge on any atom is 0.228 e. The molecule has 2 amide bonds. The molecule has 0 aliphatic carbocycles. The standard InChI is InChI=1S/C19H27N3O2/c1-20(2)11-12-21-14-16(13-18(21)23)19(24)22-10-6-9-17(22)15-7-4-3-5-8-15/h3-5,7-8,16-17H,6,9-14H2,1-2H3/t16-,17+/m0/s1. The highest BCUT2D eigenvalue weighted by Gasteiger charge is 2.39. The third-order valence-corrected chi connectivity index (χ3v) is 5.10. The zero-order chi connectivity index (χ0) is 17.1. The first kappa shape index (κ1) is 17.0. The zero-order valence-electron chi connectivity index (χ0n) is 14.6. The van der Waals surface area contributed by atoms with Crippen LogP contribution in [0.25, 0.3) is 0 Å². The Labute approximate surface area is 144 Å². The molecular weight excluding hydrogens is 302 g/mol. The molecule has 2 heterocycles. The third kappa shape index (κ3) is 3.61. The van der Waals surface area contributed by atoms with Gasteiger partial charge in [-0.1, -0.05) is 30.3 Å². The van der Waals surface area contributed by atoms with Gasteiger partial charge in [0.2, 0.25) is 11.8 Å². The van der Waals surface area contributed by atoms with Crippen molar-refractivity contribution < 1.29 is 9.59 Å². The number of hydrogen-bond acceptors (Lipinski definition) is 3. The van der Waals surface area contributed by atoms with Crippen LogP contribution in [0.5, 0.6) is 0 Å². The number of rotatable bonds is 5. The zero-order valence-corrected chi connectivity index (χ0v) is 14.6. The number of carbonyl (C=O) groups is 2. The first-order valence-electron chi connectivity index (χ1n) is 8.84. The lowest BCUT2D eigenvalue weighted by Crippen LogP contribution is -2.38. The van der Waals surface area contributed by atoms with Crippen LogP contribution in [0.4, 0.5) is 0 Å². The maximum atomic E-state index is 13.0. The predicted octanol–water partition coefficient (Wildman–Crippen LogP) is 1.76. The van der Waals surface area contributed by atoms with E-state index in [2.05, 4.69) is 17.0 Å². The lowest BCUT2D eigenvalue weighted by molar-refractivity contribution is -0.136. The number of benzene rings is 1. The summed E-state index contributed by atoms with van der Waals surface area (Å²) in [6.45, 7) is 2.92. The Bertz CT molecular complexity index is 588. The van der Waals surface area contributed by atoms with E-state index in [0.29, 0.717) is 19.5 Å². The number of likely N-dealkylation sites (N-methyl/N-ethyl adjacent to an activating group) is 1. The lowest BCUT2D eigenvalue weighted by Gasteiger charge is -2.27. The number of carbonyl (C=O) groups excluding carboxylic acids is 2. The van der Waals surface area contributed by atoms with E-state index in [4.69, 9.17) is 0 Å². The van der Waals surface area contributed by atoms with E-state index in [1.165, 1.54) is 5.56 Å². The summed E-state index contributed by atoms with van der Waals surface area (Å²) in [5.74, 6) is 0.0942. The van der Waals surface area contributed by atoms with Crippen LogP contribution in [-0.4, -0.2) is 66.8 Å². The number of amides is 2. The van der Waals surface area contributed by atoms with Crippen molar-refractivity contribution >= 4 is 11.8 Å². The van der Waals surface area contributed by atoms with Crippen molar-refractivity contribution in [3.63, 3.8) is 0 Å².